The van der Waals surface area contributed by atoms with Gasteiger partial charge in [-0.1, -0.05) is 139 Å². The number of furan rings is 1. The molecule has 9 aromatic rings. The van der Waals surface area contributed by atoms with Crippen LogP contribution in [0.25, 0.3) is 87.3 Å². The first-order valence-corrected chi connectivity index (χ1v) is 13.9. The molecular formula is C40H24O. The number of fused-ring (bicyclic) bond motifs is 8. The summed E-state index contributed by atoms with van der Waals surface area (Å²) in [7, 11) is 0. The maximum Gasteiger partial charge on any atom is 0.143 e. The molecule has 1 aromatic heterocycles. The highest BCUT2D eigenvalue weighted by Gasteiger charge is 2.21. The zero-order valence-electron chi connectivity index (χ0n) is 25.0. The lowest BCUT2D eigenvalue weighted by atomic mass is 9.84. The first kappa shape index (κ1) is 19.6. The minimum absolute atomic E-state index is 0.000853. The van der Waals surface area contributed by atoms with Crippen LogP contribution >= 0.6 is 0 Å². The Hall–Kier alpha value is -5.40. The van der Waals surface area contributed by atoms with E-state index < -0.39 is 0 Å². The maximum atomic E-state index is 9.30. The predicted molar refractivity (Wildman–Crippen MR) is 175 cm³/mol. The molecular weight excluding hydrogens is 496 g/mol. The second kappa shape index (κ2) is 8.55. The lowest BCUT2D eigenvalue weighted by Crippen LogP contribution is -1.91. The molecule has 0 unspecified atom stereocenters. The molecule has 190 valence electrons. The van der Waals surface area contributed by atoms with Gasteiger partial charge in [0, 0.05) is 27.3 Å². The molecule has 0 aliphatic rings. The van der Waals surface area contributed by atoms with Crippen molar-refractivity contribution in [3.63, 3.8) is 0 Å². The molecule has 8 aromatic carbocycles. The Bertz CT molecular complexity index is 2590. The van der Waals surface area contributed by atoms with Crippen LogP contribution in [-0.4, -0.2) is 0 Å². The van der Waals surface area contributed by atoms with Crippen molar-refractivity contribution >= 4 is 65.0 Å². The Morgan fingerprint density at radius 2 is 0.902 bits per heavy atom. The van der Waals surface area contributed by atoms with E-state index in [0.717, 1.165) is 54.4 Å². The minimum atomic E-state index is -0.102. The van der Waals surface area contributed by atoms with Crippen molar-refractivity contribution in [1.82, 2.24) is 0 Å². The number of benzene rings is 8. The van der Waals surface area contributed by atoms with Gasteiger partial charge in [-0.25, -0.2) is 0 Å². The second-order valence-electron chi connectivity index (χ2n) is 10.6. The topological polar surface area (TPSA) is 13.1 Å². The zero-order valence-corrected chi connectivity index (χ0v) is 22.0. The van der Waals surface area contributed by atoms with Gasteiger partial charge in [0.15, 0.2) is 0 Å². The average molecular weight is 524 g/mol. The minimum Gasteiger partial charge on any atom is -0.455 e. The zero-order chi connectivity index (χ0) is 29.5. The third-order valence-electron chi connectivity index (χ3n) is 8.42. The standard InChI is InChI=1S/C40H24O/c1-3-14-27-25(11-1)13-9-20-29(27)37-30-16-5-7-18-32(30)38(33-19-8-6-17-31(33)37)36-22-10-21-34-35-24-23-26-12-2-4-15-28(26)39(35)41-40(34)36/h1-24H/i10D,21D,22D. The van der Waals surface area contributed by atoms with Gasteiger partial charge in [0.1, 0.15) is 11.2 Å². The molecule has 1 nitrogen and oxygen atoms in total. The van der Waals surface area contributed by atoms with Gasteiger partial charge in [-0.3, -0.25) is 0 Å². The summed E-state index contributed by atoms with van der Waals surface area (Å²) < 4.78 is 34.0. The fraction of sp³-hybridized carbons (Fsp3) is 0. The van der Waals surface area contributed by atoms with Crippen LogP contribution in [0, 0.1) is 0 Å². The molecule has 0 amide bonds. The van der Waals surface area contributed by atoms with Crippen LogP contribution in [0.4, 0.5) is 0 Å². The van der Waals surface area contributed by atoms with E-state index in [9.17, 15) is 1.37 Å². The lowest BCUT2D eigenvalue weighted by molar-refractivity contribution is 0.674. The van der Waals surface area contributed by atoms with Gasteiger partial charge < -0.3 is 4.42 Å². The quantitative estimate of drug-likeness (QED) is 0.205. The molecule has 0 radical (unpaired) electrons. The molecule has 0 aliphatic carbocycles. The van der Waals surface area contributed by atoms with E-state index in [1.54, 1.807) is 0 Å². The van der Waals surface area contributed by atoms with Gasteiger partial charge in [-0.05, 0) is 54.9 Å². The Morgan fingerprint density at radius 1 is 0.366 bits per heavy atom. The van der Waals surface area contributed by atoms with Gasteiger partial charge >= 0.3 is 0 Å². The van der Waals surface area contributed by atoms with Crippen molar-refractivity contribution in [2.24, 2.45) is 0 Å². The molecule has 0 aliphatic heterocycles. The van der Waals surface area contributed by atoms with E-state index in [4.69, 9.17) is 7.16 Å². The highest BCUT2D eigenvalue weighted by atomic mass is 16.3. The molecule has 0 saturated carbocycles. The van der Waals surface area contributed by atoms with Crippen LogP contribution in [0.5, 0.6) is 0 Å². The van der Waals surface area contributed by atoms with E-state index in [1.165, 1.54) is 10.8 Å². The smallest absolute Gasteiger partial charge is 0.143 e. The van der Waals surface area contributed by atoms with Crippen LogP contribution in [-0.2, 0) is 0 Å². The average Bonchev–Trinajstić information content (AvgIpc) is 3.47. The largest absolute Gasteiger partial charge is 0.455 e. The number of para-hydroxylation sites is 1. The van der Waals surface area contributed by atoms with Crippen molar-refractivity contribution in [3.8, 4) is 22.3 Å². The van der Waals surface area contributed by atoms with Crippen molar-refractivity contribution in [1.29, 1.82) is 0 Å². The predicted octanol–water partition coefficient (Wildman–Crippen LogP) is 11.5. The van der Waals surface area contributed by atoms with Crippen LogP contribution in [0.15, 0.2) is 150 Å². The molecule has 0 bridgehead atoms. The van der Waals surface area contributed by atoms with Crippen molar-refractivity contribution in [2.45, 2.75) is 0 Å². The Kier molecular flexibility index (Phi) is 4.09. The summed E-state index contributed by atoms with van der Waals surface area (Å²) >= 11 is 0. The monoisotopic (exact) mass is 523 g/mol. The van der Waals surface area contributed by atoms with E-state index >= 15 is 0 Å². The van der Waals surface area contributed by atoms with Gasteiger partial charge in [0.25, 0.3) is 0 Å². The molecule has 0 N–H and O–H groups in total. The van der Waals surface area contributed by atoms with Gasteiger partial charge in [0.2, 0.25) is 0 Å². The van der Waals surface area contributed by atoms with E-state index in [1.807, 2.05) is 48.5 Å². The fourth-order valence-electron chi connectivity index (χ4n) is 6.65. The molecule has 9 rings (SSSR count). The molecule has 0 atom stereocenters. The van der Waals surface area contributed by atoms with Crippen LogP contribution in [0.3, 0.4) is 0 Å². The highest BCUT2D eigenvalue weighted by molar-refractivity contribution is 6.26. The molecule has 1 heteroatoms. The summed E-state index contributed by atoms with van der Waals surface area (Å²) in [5.74, 6) is 0. The van der Waals surface area contributed by atoms with Gasteiger partial charge in [-0.15, -0.1) is 0 Å². The maximum absolute atomic E-state index is 9.30. The van der Waals surface area contributed by atoms with Crippen molar-refractivity contribution in [2.75, 3.05) is 0 Å². The van der Waals surface area contributed by atoms with Gasteiger partial charge in [0.05, 0.1) is 4.11 Å². The molecule has 0 fully saturated rings. The summed E-state index contributed by atoms with van der Waals surface area (Å²) in [6.45, 7) is 0. The Labute approximate surface area is 241 Å². The third kappa shape index (κ3) is 3.18. The summed E-state index contributed by atoms with van der Waals surface area (Å²) in [5, 5.41) is 9.80. The van der Waals surface area contributed by atoms with Crippen LogP contribution in [0.1, 0.15) is 4.11 Å². The summed E-state index contributed by atoms with van der Waals surface area (Å²) in [6, 6.07) is 43.6. The van der Waals surface area contributed by atoms with E-state index in [2.05, 4.69) is 78.9 Å². The molecule has 0 spiro atoms. The van der Waals surface area contributed by atoms with Gasteiger partial charge in [-0.2, -0.15) is 0 Å². The lowest BCUT2D eigenvalue weighted by Gasteiger charge is -2.18. The fourth-order valence-corrected chi connectivity index (χ4v) is 6.65. The SMILES string of the molecule is [2H]c1c([2H])c([2H])c2c(oc3c4ccccc4ccc32)c1-c1c2ccccc2c(-c2cccc3ccccc23)c2ccccc12. The Balaban J connectivity index is 1.50. The number of hydrogen-bond acceptors (Lipinski definition) is 1. The second-order valence-corrected chi connectivity index (χ2v) is 10.6. The molecule has 41 heavy (non-hydrogen) atoms. The van der Waals surface area contributed by atoms with E-state index in [0.29, 0.717) is 22.1 Å². The molecule has 1 heterocycles. The number of hydrogen-bond donors (Lipinski definition) is 0. The van der Waals surface area contributed by atoms with E-state index in [-0.39, 0.29) is 18.1 Å². The Morgan fingerprint density at radius 3 is 1.59 bits per heavy atom. The van der Waals surface area contributed by atoms with Crippen molar-refractivity contribution < 1.29 is 8.53 Å². The summed E-state index contributed by atoms with van der Waals surface area (Å²) in [4.78, 5) is 0. The van der Waals surface area contributed by atoms with Crippen LogP contribution in [0.2, 0.25) is 0 Å². The van der Waals surface area contributed by atoms with Crippen LogP contribution < -0.4 is 0 Å². The summed E-state index contributed by atoms with van der Waals surface area (Å²) in [5.41, 5.74) is 4.86. The first-order valence-electron chi connectivity index (χ1n) is 15.4. The highest BCUT2D eigenvalue weighted by Crippen LogP contribution is 2.47. The summed E-state index contributed by atoms with van der Waals surface area (Å²) in [6.07, 6.45) is 0. The third-order valence-corrected chi connectivity index (χ3v) is 8.42. The van der Waals surface area contributed by atoms with Crippen molar-refractivity contribution in [3.05, 3.63) is 146 Å². The number of rotatable bonds is 2. The normalized spacial score (nSPS) is 12.9. The first-order chi connectivity index (χ1) is 21.6. The molecule has 0 saturated heterocycles.